The van der Waals surface area contributed by atoms with E-state index in [2.05, 4.69) is 0 Å². The van der Waals surface area contributed by atoms with Gasteiger partial charge in [-0.25, -0.2) is 0 Å². The molecule has 1 fully saturated rings. The normalized spacial score (nSPS) is 20.6. The van der Waals surface area contributed by atoms with Gasteiger partial charge in [-0.05, 0) is 17.7 Å². The van der Waals surface area contributed by atoms with Gasteiger partial charge in [0.15, 0.2) is 6.10 Å². The van der Waals surface area contributed by atoms with Crippen LogP contribution < -0.4 is 4.74 Å². The van der Waals surface area contributed by atoms with E-state index in [1.807, 2.05) is 0 Å². The predicted octanol–water partition coefficient (Wildman–Crippen LogP) is 2.71. The lowest BCUT2D eigenvalue weighted by molar-refractivity contribution is -0.224. The Morgan fingerprint density at radius 2 is 1.94 bits per heavy atom. The number of benzene rings is 1. The minimum absolute atomic E-state index is 0.0454. The third kappa shape index (κ3) is 3.36. The van der Waals surface area contributed by atoms with E-state index in [-0.39, 0.29) is 18.3 Å². The molecule has 0 saturated carbocycles. The largest absolute Gasteiger partial charge is 0.497 e. The van der Waals surface area contributed by atoms with Gasteiger partial charge < -0.3 is 14.2 Å². The molecule has 0 spiro atoms. The van der Waals surface area contributed by atoms with Crippen molar-refractivity contribution in [3.8, 4) is 5.75 Å². The molecular weight excluding hydrogens is 249 g/mol. The van der Waals surface area contributed by atoms with Crippen LogP contribution in [0.4, 0.5) is 13.2 Å². The summed E-state index contributed by atoms with van der Waals surface area (Å²) in [6.45, 7) is 0.420. The van der Waals surface area contributed by atoms with Crippen molar-refractivity contribution in [1.29, 1.82) is 0 Å². The Balaban J connectivity index is 2.10. The van der Waals surface area contributed by atoms with E-state index >= 15 is 0 Å². The van der Waals surface area contributed by atoms with Gasteiger partial charge in [0.05, 0.1) is 20.3 Å². The molecule has 18 heavy (non-hydrogen) atoms. The minimum atomic E-state index is -4.44. The minimum Gasteiger partial charge on any atom is -0.497 e. The van der Waals surface area contributed by atoms with Crippen LogP contribution in [0.25, 0.3) is 0 Å². The van der Waals surface area contributed by atoms with Crippen LogP contribution in [-0.4, -0.2) is 32.6 Å². The zero-order valence-electron chi connectivity index (χ0n) is 9.74. The van der Waals surface area contributed by atoms with Crippen molar-refractivity contribution in [2.24, 2.45) is 0 Å². The highest BCUT2D eigenvalue weighted by atomic mass is 19.4. The Hall–Kier alpha value is -1.27. The molecule has 0 aromatic heterocycles. The van der Waals surface area contributed by atoms with Gasteiger partial charge in [0.1, 0.15) is 11.9 Å². The van der Waals surface area contributed by atoms with Crippen LogP contribution in [0.2, 0.25) is 0 Å². The number of alkyl halides is 3. The molecule has 0 N–H and O–H groups in total. The van der Waals surface area contributed by atoms with Crippen molar-refractivity contribution in [1.82, 2.24) is 0 Å². The first kappa shape index (κ1) is 13.2. The molecule has 6 heteroatoms. The van der Waals surface area contributed by atoms with Gasteiger partial charge in [0, 0.05) is 0 Å². The predicted molar refractivity (Wildman–Crippen MR) is 57.5 cm³/mol. The molecular formula is C12H13F3O3. The number of methoxy groups -OCH3 is 1. The molecule has 1 aliphatic rings. The summed E-state index contributed by atoms with van der Waals surface area (Å²) in [5.74, 6) is 0.505. The highest BCUT2D eigenvalue weighted by molar-refractivity contribution is 5.29. The number of ether oxygens (including phenoxy) is 3. The Morgan fingerprint density at radius 3 is 2.39 bits per heavy atom. The first-order valence-electron chi connectivity index (χ1n) is 5.44. The Labute approximate surface area is 102 Å². The van der Waals surface area contributed by atoms with E-state index in [1.165, 1.54) is 31.4 Å². The lowest BCUT2D eigenvalue weighted by Gasteiger charge is -2.21. The van der Waals surface area contributed by atoms with Crippen molar-refractivity contribution < 1.29 is 27.4 Å². The third-order valence-electron chi connectivity index (χ3n) is 2.57. The fourth-order valence-electron chi connectivity index (χ4n) is 1.53. The number of epoxide rings is 1. The van der Waals surface area contributed by atoms with Crippen molar-refractivity contribution >= 4 is 0 Å². The van der Waals surface area contributed by atoms with Crippen LogP contribution in [0.15, 0.2) is 24.3 Å². The van der Waals surface area contributed by atoms with E-state index < -0.39 is 12.3 Å². The zero-order chi connectivity index (χ0) is 13.2. The number of halogens is 3. The van der Waals surface area contributed by atoms with Gasteiger partial charge in [-0.15, -0.1) is 0 Å². The maximum atomic E-state index is 12.9. The molecule has 100 valence electrons. The molecule has 0 bridgehead atoms. The summed E-state index contributed by atoms with van der Waals surface area (Å²) in [4.78, 5) is 0. The first-order valence-corrected chi connectivity index (χ1v) is 5.44. The van der Waals surface area contributed by atoms with Crippen molar-refractivity contribution in [3.05, 3.63) is 29.8 Å². The maximum absolute atomic E-state index is 12.9. The van der Waals surface area contributed by atoms with E-state index in [0.29, 0.717) is 12.4 Å². The SMILES string of the molecule is COc1ccc([C@@H](OC[C@@H]2CO2)C(F)(F)F)cc1. The second kappa shape index (κ2) is 5.16. The molecule has 0 aliphatic carbocycles. The van der Waals surface area contributed by atoms with Crippen molar-refractivity contribution in [2.75, 3.05) is 20.3 Å². The van der Waals surface area contributed by atoms with Crippen LogP contribution in [0.3, 0.4) is 0 Å². The molecule has 1 heterocycles. The van der Waals surface area contributed by atoms with Crippen molar-refractivity contribution in [2.45, 2.75) is 18.4 Å². The molecule has 0 unspecified atom stereocenters. The summed E-state index contributed by atoms with van der Waals surface area (Å²) < 4.78 is 53.2. The molecule has 1 aliphatic heterocycles. The fourth-order valence-corrected chi connectivity index (χ4v) is 1.53. The van der Waals surface area contributed by atoms with Gasteiger partial charge in [-0.3, -0.25) is 0 Å². The monoisotopic (exact) mass is 262 g/mol. The quantitative estimate of drug-likeness (QED) is 0.764. The average molecular weight is 262 g/mol. The highest BCUT2D eigenvalue weighted by Crippen LogP contribution is 2.36. The fraction of sp³-hybridized carbons (Fsp3) is 0.500. The second-order valence-corrected chi connectivity index (χ2v) is 3.98. The molecule has 1 aromatic rings. The average Bonchev–Trinajstić information content (AvgIpc) is 3.12. The Bertz CT molecular complexity index is 385. The lowest BCUT2D eigenvalue weighted by Crippen LogP contribution is -2.25. The lowest BCUT2D eigenvalue weighted by atomic mass is 10.1. The topological polar surface area (TPSA) is 31.0 Å². The molecule has 1 aromatic carbocycles. The summed E-state index contributed by atoms with van der Waals surface area (Å²) in [5.41, 5.74) is 0.0592. The van der Waals surface area contributed by atoms with Crippen LogP contribution >= 0.6 is 0 Å². The maximum Gasteiger partial charge on any atom is 0.418 e. The standard InChI is InChI=1S/C12H13F3O3/c1-16-9-4-2-8(3-5-9)11(12(13,14)15)18-7-10-6-17-10/h2-5,10-11H,6-7H2,1H3/t10-,11+/m0/s1. The summed E-state index contributed by atoms with van der Waals surface area (Å²) >= 11 is 0. The molecule has 0 amide bonds. The summed E-state index contributed by atoms with van der Waals surface area (Å²) in [7, 11) is 1.46. The third-order valence-corrected chi connectivity index (χ3v) is 2.57. The summed E-state index contributed by atoms with van der Waals surface area (Å²) in [6, 6.07) is 5.66. The molecule has 0 radical (unpaired) electrons. The van der Waals surface area contributed by atoms with Crippen LogP contribution in [0.5, 0.6) is 5.75 Å². The highest BCUT2D eigenvalue weighted by Gasteiger charge is 2.43. The zero-order valence-corrected chi connectivity index (χ0v) is 9.74. The van der Waals surface area contributed by atoms with Gasteiger partial charge >= 0.3 is 6.18 Å². The summed E-state index contributed by atoms with van der Waals surface area (Å²) in [5, 5.41) is 0. The number of hydrogen-bond acceptors (Lipinski definition) is 3. The Morgan fingerprint density at radius 1 is 1.33 bits per heavy atom. The van der Waals surface area contributed by atoms with Gasteiger partial charge in [-0.2, -0.15) is 13.2 Å². The van der Waals surface area contributed by atoms with E-state index in [4.69, 9.17) is 14.2 Å². The van der Waals surface area contributed by atoms with E-state index in [9.17, 15) is 13.2 Å². The Kier molecular flexibility index (Phi) is 3.77. The second-order valence-electron chi connectivity index (χ2n) is 3.98. The van der Waals surface area contributed by atoms with Gasteiger partial charge in [0.2, 0.25) is 0 Å². The number of rotatable bonds is 5. The van der Waals surface area contributed by atoms with Gasteiger partial charge in [-0.1, -0.05) is 12.1 Å². The van der Waals surface area contributed by atoms with Crippen LogP contribution in [-0.2, 0) is 9.47 Å². The molecule has 2 rings (SSSR count). The van der Waals surface area contributed by atoms with E-state index in [0.717, 1.165) is 0 Å². The molecule has 3 nitrogen and oxygen atoms in total. The van der Waals surface area contributed by atoms with Crippen LogP contribution in [0, 0.1) is 0 Å². The molecule has 2 atom stereocenters. The van der Waals surface area contributed by atoms with E-state index in [1.54, 1.807) is 0 Å². The van der Waals surface area contributed by atoms with Crippen LogP contribution in [0.1, 0.15) is 11.7 Å². The smallest absolute Gasteiger partial charge is 0.418 e. The first-order chi connectivity index (χ1) is 8.50. The van der Waals surface area contributed by atoms with Gasteiger partial charge in [0.25, 0.3) is 0 Å². The van der Waals surface area contributed by atoms with Crippen molar-refractivity contribution in [3.63, 3.8) is 0 Å². The summed E-state index contributed by atoms with van der Waals surface area (Å²) in [6.07, 6.45) is -6.57. The number of hydrogen-bond donors (Lipinski definition) is 0. The molecule has 1 saturated heterocycles.